The first-order valence-corrected chi connectivity index (χ1v) is 4.81. The molecule has 0 N–H and O–H groups in total. The molecule has 2 rings (SSSR count). The number of thiophene rings is 1. The third kappa shape index (κ3) is 1.30. The molecular weight excluding hydrogens is 206 g/mol. The Balaban J connectivity index is 2.81. The molecule has 0 bridgehead atoms. The fraction of sp³-hybridized carbons (Fsp3) is 0. The van der Waals surface area contributed by atoms with E-state index in [4.69, 9.17) is 0 Å². The zero-order chi connectivity index (χ0) is 9.42. The first-order chi connectivity index (χ1) is 6.20. The van der Waals surface area contributed by atoms with Gasteiger partial charge in [0.15, 0.2) is 0 Å². The summed E-state index contributed by atoms with van der Waals surface area (Å²) < 4.78 is 0.902. The van der Waals surface area contributed by atoms with Crippen molar-refractivity contribution in [3.05, 3.63) is 34.4 Å². The number of fused-ring (bicyclic) bond motifs is 1. The summed E-state index contributed by atoms with van der Waals surface area (Å²) in [7, 11) is 0. The van der Waals surface area contributed by atoms with Gasteiger partial charge in [-0.1, -0.05) is 29.5 Å². The van der Waals surface area contributed by atoms with Crippen LogP contribution >= 0.6 is 24.0 Å². The SMILES string of the molecule is O=[N+]([O-])c1sc2ccccc2c1S. The van der Waals surface area contributed by atoms with Gasteiger partial charge in [-0.25, -0.2) is 0 Å². The summed E-state index contributed by atoms with van der Waals surface area (Å²) in [6.45, 7) is 0. The molecule has 13 heavy (non-hydrogen) atoms. The Kier molecular flexibility index (Phi) is 1.97. The minimum atomic E-state index is -0.396. The van der Waals surface area contributed by atoms with Crippen LogP contribution in [-0.2, 0) is 0 Å². The predicted molar refractivity (Wildman–Crippen MR) is 55.7 cm³/mol. The van der Waals surface area contributed by atoms with E-state index in [1.165, 1.54) is 0 Å². The van der Waals surface area contributed by atoms with Crippen LogP contribution in [0.3, 0.4) is 0 Å². The number of nitrogens with zero attached hydrogens (tertiary/aromatic N) is 1. The second-order valence-corrected chi connectivity index (χ2v) is 3.99. The third-order valence-corrected chi connectivity index (χ3v) is 3.44. The summed E-state index contributed by atoms with van der Waals surface area (Å²) >= 11 is 5.28. The van der Waals surface area contributed by atoms with Gasteiger partial charge in [0.2, 0.25) is 0 Å². The van der Waals surface area contributed by atoms with Crippen LogP contribution in [0.25, 0.3) is 10.1 Å². The van der Waals surface area contributed by atoms with Gasteiger partial charge in [0.1, 0.15) is 4.90 Å². The van der Waals surface area contributed by atoms with Crippen LogP contribution < -0.4 is 0 Å². The van der Waals surface area contributed by atoms with Crippen molar-refractivity contribution in [1.82, 2.24) is 0 Å². The van der Waals surface area contributed by atoms with E-state index in [1.54, 1.807) is 0 Å². The molecule has 0 amide bonds. The van der Waals surface area contributed by atoms with Crippen molar-refractivity contribution in [3.8, 4) is 0 Å². The highest BCUT2D eigenvalue weighted by Crippen LogP contribution is 2.39. The van der Waals surface area contributed by atoms with E-state index < -0.39 is 4.92 Å². The Morgan fingerprint density at radius 2 is 2.08 bits per heavy atom. The molecule has 0 radical (unpaired) electrons. The maximum atomic E-state index is 10.6. The molecule has 1 heterocycles. The van der Waals surface area contributed by atoms with E-state index >= 15 is 0 Å². The van der Waals surface area contributed by atoms with E-state index in [2.05, 4.69) is 12.6 Å². The van der Waals surface area contributed by atoms with E-state index in [1.807, 2.05) is 24.3 Å². The van der Waals surface area contributed by atoms with Gasteiger partial charge >= 0.3 is 5.00 Å². The molecule has 5 heteroatoms. The molecule has 0 fully saturated rings. The molecule has 0 aliphatic carbocycles. The van der Waals surface area contributed by atoms with Gasteiger partial charge in [-0.2, -0.15) is 0 Å². The van der Waals surface area contributed by atoms with Crippen molar-refractivity contribution < 1.29 is 4.92 Å². The van der Waals surface area contributed by atoms with Crippen LogP contribution in [0.4, 0.5) is 5.00 Å². The molecule has 0 aliphatic heterocycles. The standard InChI is InChI=1S/C8H5NO2S2/c10-9(11)8-7(12)5-3-1-2-4-6(5)13-8/h1-4,12H. The highest BCUT2D eigenvalue weighted by atomic mass is 32.1. The number of rotatable bonds is 1. The van der Waals surface area contributed by atoms with Crippen molar-refractivity contribution in [2.24, 2.45) is 0 Å². The lowest BCUT2D eigenvalue weighted by Crippen LogP contribution is -1.83. The van der Waals surface area contributed by atoms with Crippen molar-refractivity contribution >= 4 is 39.1 Å². The van der Waals surface area contributed by atoms with E-state index in [0.29, 0.717) is 4.90 Å². The Hall–Kier alpha value is -1.07. The van der Waals surface area contributed by atoms with Crippen LogP contribution in [0.15, 0.2) is 29.2 Å². The maximum Gasteiger partial charge on any atom is 0.338 e. The molecule has 0 unspecified atom stereocenters. The highest BCUT2D eigenvalue weighted by molar-refractivity contribution is 7.81. The molecule has 0 saturated carbocycles. The number of thiol groups is 1. The summed E-state index contributed by atoms with van der Waals surface area (Å²) in [5.74, 6) is 0. The van der Waals surface area contributed by atoms with Gasteiger partial charge < -0.3 is 0 Å². The Labute approximate surface area is 83.6 Å². The lowest BCUT2D eigenvalue weighted by Gasteiger charge is -1.86. The van der Waals surface area contributed by atoms with Gasteiger partial charge in [-0.15, -0.1) is 12.6 Å². The van der Waals surface area contributed by atoms with Crippen LogP contribution in [0.1, 0.15) is 0 Å². The molecule has 0 atom stereocenters. The minimum Gasteiger partial charge on any atom is -0.258 e. The van der Waals surface area contributed by atoms with Crippen LogP contribution in [0.2, 0.25) is 0 Å². The second kappa shape index (κ2) is 3.01. The van der Waals surface area contributed by atoms with Gasteiger partial charge in [-0.3, -0.25) is 10.1 Å². The molecule has 0 spiro atoms. The first kappa shape index (κ1) is 8.52. The largest absolute Gasteiger partial charge is 0.338 e. The number of hydrogen-bond acceptors (Lipinski definition) is 4. The monoisotopic (exact) mass is 211 g/mol. The molecule has 0 saturated heterocycles. The molecule has 3 nitrogen and oxygen atoms in total. The van der Waals surface area contributed by atoms with Crippen molar-refractivity contribution in [3.63, 3.8) is 0 Å². The van der Waals surface area contributed by atoms with Crippen LogP contribution in [0, 0.1) is 10.1 Å². The zero-order valence-electron chi connectivity index (χ0n) is 6.43. The normalized spacial score (nSPS) is 10.5. The Morgan fingerprint density at radius 1 is 1.38 bits per heavy atom. The Bertz CT molecular complexity index is 478. The average Bonchev–Trinajstić information content (AvgIpc) is 2.45. The quantitative estimate of drug-likeness (QED) is 0.447. The molecule has 66 valence electrons. The van der Waals surface area contributed by atoms with Crippen LogP contribution in [-0.4, -0.2) is 4.92 Å². The molecule has 1 aromatic carbocycles. The summed E-state index contributed by atoms with van der Waals surface area (Å²) in [6.07, 6.45) is 0. The summed E-state index contributed by atoms with van der Waals surface area (Å²) in [5.41, 5.74) is 0. The first-order valence-electron chi connectivity index (χ1n) is 3.55. The number of nitro groups is 1. The van der Waals surface area contributed by atoms with Crippen LogP contribution in [0.5, 0.6) is 0 Å². The van der Waals surface area contributed by atoms with Gasteiger partial charge in [0, 0.05) is 10.1 Å². The average molecular weight is 211 g/mol. The summed E-state index contributed by atoms with van der Waals surface area (Å²) in [5, 5.41) is 11.5. The lowest BCUT2D eigenvalue weighted by molar-refractivity contribution is -0.382. The fourth-order valence-electron chi connectivity index (χ4n) is 1.14. The predicted octanol–water partition coefficient (Wildman–Crippen LogP) is 3.10. The van der Waals surface area contributed by atoms with Crippen molar-refractivity contribution in [1.29, 1.82) is 0 Å². The minimum absolute atomic E-state index is 0.115. The topological polar surface area (TPSA) is 43.1 Å². The maximum absolute atomic E-state index is 10.6. The fourth-order valence-corrected chi connectivity index (χ4v) is 2.55. The van der Waals surface area contributed by atoms with Gasteiger partial charge in [-0.05, 0) is 6.07 Å². The lowest BCUT2D eigenvalue weighted by atomic mass is 10.3. The molecule has 0 aliphatic rings. The van der Waals surface area contributed by atoms with Crippen molar-refractivity contribution in [2.75, 3.05) is 0 Å². The van der Waals surface area contributed by atoms with E-state index in [9.17, 15) is 10.1 Å². The summed E-state index contributed by atoms with van der Waals surface area (Å²) in [4.78, 5) is 10.6. The van der Waals surface area contributed by atoms with Gasteiger partial charge in [0.25, 0.3) is 0 Å². The third-order valence-electron chi connectivity index (χ3n) is 1.72. The highest BCUT2D eigenvalue weighted by Gasteiger charge is 2.17. The molecular formula is C8H5NO2S2. The smallest absolute Gasteiger partial charge is 0.258 e. The van der Waals surface area contributed by atoms with E-state index in [-0.39, 0.29) is 5.00 Å². The van der Waals surface area contributed by atoms with E-state index in [0.717, 1.165) is 21.4 Å². The number of hydrogen-bond donors (Lipinski definition) is 1. The zero-order valence-corrected chi connectivity index (χ0v) is 8.14. The summed E-state index contributed by atoms with van der Waals surface area (Å²) in [6, 6.07) is 7.39. The molecule has 2 aromatic rings. The number of benzene rings is 1. The van der Waals surface area contributed by atoms with Crippen molar-refractivity contribution in [2.45, 2.75) is 4.90 Å². The second-order valence-electron chi connectivity index (χ2n) is 2.51. The van der Waals surface area contributed by atoms with Gasteiger partial charge in [0.05, 0.1) is 4.92 Å². The Morgan fingerprint density at radius 3 is 2.69 bits per heavy atom. The molecule has 1 aromatic heterocycles.